The molecule has 12 heteroatoms. The lowest BCUT2D eigenvalue weighted by Crippen LogP contribution is -2.50. The van der Waals surface area contributed by atoms with Gasteiger partial charge >= 0.3 is 13.2 Å². The standard InChI is InChI=1S/C25H35BF2N4O5/c1-24(2,31-12-10-25(27,28)17-31)14-19(15-29)22(33)32-11-6-9-20(32)16-37-23(34)30-21(26(35)36)13-18-7-4-3-5-8-18/h3-5,7-8,19-21,35-36H,6,9-14,16-17H2,1-2H3,(H,30,34)/t19?,20-,21+/m1/s1. The SMILES string of the molecule is CC(C)(CC(C#N)C(=O)N1CCC[C@@H]1COC(=O)N[C@@H](Cc1ccccc1)B(O)O)N1CCC(F)(F)C1. The molecule has 2 aliphatic rings. The first-order chi connectivity index (χ1) is 17.4. The molecule has 2 aliphatic heterocycles. The number of hydrogen-bond donors (Lipinski definition) is 3. The summed E-state index contributed by atoms with van der Waals surface area (Å²) in [5.41, 5.74) is 0.0390. The molecule has 1 aromatic carbocycles. The average molecular weight is 520 g/mol. The largest absolute Gasteiger partial charge is 0.475 e. The number of nitriles is 1. The molecular weight excluding hydrogens is 485 g/mol. The Morgan fingerprint density at radius 3 is 2.59 bits per heavy atom. The maximum atomic E-state index is 13.7. The van der Waals surface area contributed by atoms with Crippen molar-refractivity contribution in [2.45, 2.75) is 69.4 Å². The predicted molar refractivity (Wildman–Crippen MR) is 132 cm³/mol. The number of hydrogen-bond acceptors (Lipinski definition) is 7. The van der Waals surface area contributed by atoms with Crippen molar-refractivity contribution < 1.29 is 33.2 Å². The Morgan fingerprint density at radius 2 is 2.00 bits per heavy atom. The van der Waals surface area contributed by atoms with Gasteiger partial charge in [-0.25, -0.2) is 13.6 Å². The summed E-state index contributed by atoms with van der Waals surface area (Å²) < 4.78 is 32.8. The average Bonchev–Trinajstić information content (AvgIpc) is 3.47. The molecule has 37 heavy (non-hydrogen) atoms. The number of nitrogens with one attached hydrogen (secondary N) is 1. The molecule has 3 rings (SSSR count). The number of carbonyl (C=O) groups excluding carboxylic acids is 2. The molecule has 0 saturated carbocycles. The third-order valence-corrected chi connectivity index (χ3v) is 7.21. The fourth-order valence-electron chi connectivity index (χ4n) is 5.03. The van der Waals surface area contributed by atoms with Crippen molar-refractivity contribution in [3.05, 3.63) is 35.9 Å². The van der Waals surface area contributed by atoms with E-state index in [9.17, 15) is 33.7 Å². The summed E-state index contributed by atoms with van der Waals surface area (Å²) in [6.07, 6.45) is 0.459. The minimum Gasteiger partial charge on any atom is -0.447 e. The smallest absolute Gasteiger partial charge is 0.447 e. The molecule has 0 aliphatic carbocycles. The van der Waals surface area contributed by atoms with Gasteiger partial charge in [-0.2, -0.15) is 5.26 Å². The minimum atomic E-state index is -2.77. The molecular formula is C25H35BF2N4O5. The Balaban J connectivity index is 1.54. The number of alkyl halides is 2. The van der Waals surface area contributed by atoms with Crippen LogP contribution < -0.4 is 5.32 Å². The second kappa shape index (κ2) is 12.2. The van der Waals surface area contributed by atoms with E-state index in [0.29, 0.717) is 19.4 Å². The molecule has 0 bridgehead atoms. The zero-order valence-corrected chi connectivity index (χ0v) is 21.3. The lowest BCUT2D eigenvalue weighted by atomic mass is 9.76. The van der Waals surface area contributed by atoms with E-state index < -0.39 is 55.0 Å². The van der Waals surface area contributed by atoms with Gasteiger partial charge in [-0.1, -0.05) is 30.3 Å². The summed E-state index contributed by atoms with van der Waals surface area (Å²) in [7, 11) is -1.80. The number of halogens is 2. The van der Waals surface area contributed by atoms with Gasteiger partial charge in [0, 0.05) is 25.0 Å². The summed E-state index contributed by atoms with van der Waals surface area (Å²) in [6.45, 7) is 3.63. The van der Waals surface area contributed by atoms with Crippen molar-refractivity contribution in [2.75, 3.05) is 26.2 Å². The van der Waals surface area contributed by atoms with Crippen LogP contribution in [0.5, 0.6) is 0 Å². The molecule has 1 unspecified atom stereocenters. The number of likely N-dealkylation sites (tertiary alicyclic amines) is 2. The Labute approximate surface area is 216 Å². The number of rotatable bonds is 10. The number of nitrogens with zero attached hydrogens (tertiary/aromatic N) is 3. The van der Waals surface area contributed by atoms with Crippen LogP contribution in [0.25, 0.3) is 0 Å². The third-order valence-electron chi connectivity index (χ3n) is 7.21. The Kier molecular flexibility index (Phi) is 9.50. The van der Waals surface area contributed by atoms with Crippen molar-refractivity contribution in [2.24, 2.45) is 5.92 Å². The summed E-state index contributed by atoms with van der Waals surface area (Å²) in [5, 5.41) is 31.5. The van der Waals surface area contributed by atoms with Crippen molar-refractivity contribution >= 4 is 19.1 Å². The number of alkyl carbamates (subject to hydrolysis) is 1. The number of ether oxygens (including phenoxy) is 1. The molecule has 3 atom stereocenters. The van der Waals surface area contributed by atoms with Crippen LogP contribution >= 0.6 is 0 Å². The molecule has 3 N–H and O–H groups in total. The maximum absolute atomic E-state index is 13.7. The van der Waals surface area contributed by atoms with Crippen molar-refractivity contribution in [1.29, 1.82) is 5.26 Å². The Hall–Kier alpha value is -2.75. The molecule has 2 amide bonds. The Morgan fingerprint density at radius 1 is 1.30 bits per heavy atom. The van der Waals surface area contributed by atoms with Gasteiger partial charge in [-0.15, -0.1) is 0 Å². The monoisotopic (exact) mass is 520 g/mol. The first-order valence-electron chi connectivity index (χ1n) is 12.6. The molecule has 2 heterocycles. The predicted octanol–water partition coefficient (Wildman–Crippen LogP) is 1.98. The quantitative estimate of drug-likeness (QED) is 0.403. The molecule has 9 nitrogen and oxygen atoms in total. The topological polar surface area (TPSA) is 126 Å². The van der Waals surface area contributed by atoms with Crippen LogP contribution in [0, 0.1) is 17.2 Å². The lowest BCUT2D eigenvalue weighted by molar-refractivity contribution is -0.136. The molecule has 2 saturated heterocycles. The highest BCUT2D eigenvalue weighted by molar-refractivity contribution is 6.43. The van der Waals surface area contributed by atoms with Gasteiger partial charge in [-0.05, 0) is 45.1 Å². The molecule has 202 valence electrons. The zero-order valence-electron chi connectivity index (χ0n) is 21.3. The van der Waals surface area contributed by atoms with E-state index >= 15 is 0 Å². The highest BCUT2D eigenvalue weighted by Crippen LogP contribution is 2.35. The van der Waals surface area contributed by atoms with Gasteiger partial charge in [0.2, 0.25) is 5.91 Å². The molecule has 2 fully saturated rings. The van der Waals surface area contributed by atoms with E-state index in [0.717, 1.165) is 5.56 Å². The zero-order chi connectivity index (χ0) is 27.2. The minimum absolute atomic E-state index is 0.110. The summed E-state index contributed by atoms with van der Waals surface area (Å²) in [6, 6.07) is 10.6. The van der Waals surface area contributed by atoms with Crippen LogP contribution in [0.3, 0.4) is 0 Å². The third kappa shape index (κ3) is 7.87. The van der Waals surface area contributed by atoms with E-state index in [-0.39, 0.29) is 32.4 Å². The first kappa shape index (κ1) is 28.8. The molecule has 0 spiro atoms. The number of benzene rings is 1. The Bertz CT molecular complexity index is 976. The van der Waals surface area contributed by atoms with E-state index in [1.54, 1.807) is 43.0 Å². The molecule has 0 aromatic heterocycles. The second-order valence-corrected chi connectivity index (χ2v) is 10.5. The van der Waals surface area contributed by atoms with Crippen LogP contribution in [0.1, 0.15) is 45.1 Å². The fraction of sp³-hybridized carbons (Fsp3) is 0.640. The van der Waals surface area contributed by atoms with E-state index in [1.165, 1.54) is 4.90 Å². The molecule has 1 aromatic rings. The highest BCUT2D eigenvalue weighted by Gasteiger charge is 2.45. The number of amides is 2. The van der Waals surface area contributed by atoms with Crippen LogP contribution in [0.15, 0.2) is 30.3 Å². The van der Waals surface area contributed by atoms with Crippen molar-refractivity contribution in [3.8, 4) is 6.07 Å². The normalized spacial score (nSPS) is 21.2. The fourth-order valence-corrected chi connectivity index (χ4v) is 5.03. The maximum Gasteiger partial charge on any atom is 0.475 e. The number of carbonyl (C=O) groups is 2. The van der Waals surface area contributed by atoms with E-state index in [1.807, 2.05) is 12.1 Å². The molecule has 0 radical (unpaired) electrons. The summed E-state index contributed by atoms with van der Waals surface area (Å²) >= 11 is 0. The van der Waals surface area contributed by atoms with Gasteiger partial charge in [0.1, 0.15) is 12.5 Å². The van der Waals surface area contributed by atoms with Gasteiger partial charge in [-0.3, -0.25) is 9.69 Å². The second-order valence-electron chi connectivity index (χ2n) is 10.5. The van der Waals surface area contributed by atoms with Crippen molar-refractivity contribution in [3.63, 3.8) is 0 Å². The van der Waals surface area contributed by atoms with Crippen LogP contribution in [-0.4, -0.2) is 88.7 Å². The summed E-state index contributed by atoms with van der Waals surface area (Å²) in [4.78, 5) is 28.8. The van der Waals surface area contributed by atoms with Crippen molar-refractivity contribution in [1.82, 2.24) is 15.1 Å². The lowest BCUT2D eigenvalue weighted by Gasteiger charge is -2.37. The van der Waals surface area contributed by atoms with E-state index in [2.05, 4.69) is 5.32 Å². The van der Waals surface area contributed by atoms with Crippen LogP contribution in [-0.2, 0) is 16.0 Å². The van der Waals surface area contributed by atoms with E-state index in [4.69, 9.17) is 4.74 Å². The van der Waals surface area contributed by atoms with Gasteiger partial charge < -0.3 is 25.0 Å². The highest BCUT2D eigenvalue weighted by atomic mass is 19.3. The van der Waals surface area contributed by atoms with Crippen LogP contribution in [0.4, 0.5) is 13.6 Å². The summed E-state index contributed by atoms with van der Waals surface area (Å²) in [5.74, 6) is -5.17. The van der Waals surface area contributed by atoms with Gasteiger partial charge in [0.25, 0.3) is 5.92 Å². The van der Waals surface area contributed by atoms with Gasteiger partial charge in [0.15, 0.2) is 0 Å². The van der Waals surface area contributed by atoms with Gasteiger partial charge in [0.05, 0.1) is 24.6 Å². The van der Waals surface area contributed by atoms with Crippen LogP contribution in [0.2, 0.25) is 0 Å². The first-order valence-corrected chi connectivity index (χ1v) is 12.6.